The molecule has 2 rings (SSSR count). The van der Waals surface area contributed by atoms with Crippen molar-refractivity contribution in [2.75, 3.05) is 30.3 Å². The van der Waals surface area contributed by atoms with Crippen molar-refractivity contribution in [3.63, 3.8) is 0 Å². The van der Waals surface area contributed by atoms with Crippen LogP contribution in [0, 0.1) is 0 Å². The van der Waals surface area contributed by atoms with Crippen LogP contribution in [0.1, 0.15) is 12.5 Å². The third-order valence-corrected chi connectivity index (χ3v) is 4.97. The average molecular weight is 344 g/mol. The Morgan fingerprint density at radius 3 is 2.29 bits per heavy atom. The zero-order chi connectivity index (χ0) is 17.2. The minimum absolute atomic E-state index is 0.0441. The van der Waals surface area contributed by atoms with Crippen molar-refractivity contribution in [1.29, 1.82) is 0 Å². The molecule has 1 unspecified atom stereocenters. The van der Waals surface area contributed by atoms with Gasteiger partial charge in [0.25, 0.3) is 0 Å². The predicted octanol–water partition coefficient (Wildman–Crippen LogP) is 2.58. The summed E-state index contributed by atoms with van der Waals surface area (Å²) in [5.41, 5.74) is 2.09. The Morgan fingerprint density at radius 2 is 1.67 bits per heavy atom. The van der Waals surface area contributed by atoms with Crippen LogP contribution in [0.3, 0.4) is 0 Å². The lowest BCUT2D eigenvalue weighted by atomic mass is 10.2. The molecule has 1 N–H and O–H groups in total. The van der Waals surface area contributed by atoms with Crippen LogP contribution < -0.4 is 10.2 Å². The number of hydrogen-bond donors (Lipinski definition) is 1. The Kier molecular flexibility index (Phi) is 7.49. The summed E-state index contributed by atoms with van der Waals surface area (Å²) in [4.78, 5) is 14.1. The van der Waals surface area contributed by atoms with Crippen LogP contribution in [-0.2, 0) is 21.3 Å². The zero-order valence-electron chi connectivity index (χ0n) is 14.0. The first-order chi connectivity index (χ1) is 11.7. The van der Waals surface area contributed by atoms with E-state index in [0.717, 1.165) is 17.8 Å². The summed E-state index contributed by atoms with van der Waals surface area (Å²) >= 11 is 0. The molecule has 2 aromatic rings. The van der Waals surface area contributed by atoms with Crippen LogP contribution in [0.25, 0.3) is 0 Å². The topological polar surface area (TPSA) is 49.4 Å². The quantitative estimate of drug-likeness (QED) is 0.761. The number of nitrogens with one attached hydrogen (secondary N) is 1. The maximum Gasteiger partial charge on any atom is 0.239 e. The van der Waals surface area contributed by atoms with Crippen molar-refractivity contribution in [2.24, 2.45) is 0 Å². The molecule has 0 aliphatic carbocycles. The van der Waals surface area contributed by atoms with Crippen molar-refractivity contribution in [3.05, 3.63) is 66.2 Å². The molecule has 0 aliphatic rings. The molecule has 0 aliphatic heterocycles. The first kappa shape index (κ1) is 18.2. The number of nitrogens with zero attached hydrogens (tertiary/aromatic N) is 1. The SMILES string of the molecule is CCN(CC(=O)NCCS(=O)Cc1ccccc1)c1ccccc1. The normalized spacial score (nSPS) is 11.7. The molecule has 4 nitrogen and oxygen atoms in total. The molecule has 0 bridgehead atoms. The molecule has 0 aromatic heterocycles. The third kappa shape index (κ3) is 6.16. The van der Waals surface area contributed by atoms with Crippen molar-refractivity contribution in [2.45, 2.75) is 12.7 Å². The number of rotatable bonds is 9. The van der Waals surface area contributed by atoms with Crippen molar-refractivity contribution in [3.8, 4) is 0 Å². The summed E-state index contributed by atoms with van der Waals surface area (Å²) in [6.45, 7) is 3.53. The van der Waals surface area contributed by atoms with Crippen molar-refractivity contribution < 1.29 is 9.00 Å². The van der Waals surface area contributed by atoms with Gasteiger partial charge in [-0.3, -0.25) is 9.00 Å². The van der Waals surface area contributed by atoms with E-state index in [2.05, 4.69) is 5.32 Å². The molecular formula is C19H24N2O2S. The highest BCUT2D eigenvalue weighted by Gasteiger charge is 2.10. The number of carbonyl (C=O) groups excluding carboxylic acids is 1. The second-order valence-electron chi connectivity index (χ2n) is 5.47. The van der Waals surface area contributed by atoms with Crippen molar-refractivity contribution >= 4 is 22.4 Å². The van der Waals surface area contributed by atoms with E-state index in [1.54, 1.807) is 0 Å². The van der Waals surface area contributed by atoms with Crippen LogP contribution in [-0.4, -0.2) is 35.5 Å². The van der Waals surface area contributed by atoms with Crippen LogP contribution in [0.2, 0.25) is 0 Å². The Bertz CT molecular complexity index is 647. The Morgan fingerprint density at radius 1 is 1.04 bits per heavy atom. The van der Waals surface area contributed by atoms with E-state index < -0.39 is 10.8 Å². The molecule has 128 valence electrons. The van der Waals surface area contributed by atoms with Crippen LogP contribution in [0.15, 0.2) is 60.7 Å². The summed E-state index contributed by atoms with van der Waals surface area (Å²) in [6, 6.07) is 19.6. The maximum absolute atomic E-state index is 12.1. The van der Waals surface area contributed by atoms with Crippen molar-refractivity contribution in [1.82, 2.24) is 5.32 Å². The lowest BCUT2D eigenvalue weighted by Gasteiger charge is -2.22. The van der Waals surface area contributed by atoms with E-state index in [9.17, 15) is 9.00 Å². The highest BCUT2D eigenvalue weighted by molar-refractivity contribution is 7.84. The highest BCUT2D eigenvalue weighted by atomic mass is 32.2. The largest absolute Gasteiger partial charge is 0.363 e. The molecule has 0 heterocycles. The fourth-order valence-corrected chi connectivity index (χ4v) is 3.43. The van der Waals surface area contributed by atoms with Gasteiger partial charge < -0.3 is 10.2 Å². The zero-order valence-corrected chi connectivity index (χ0v) is 14.8. The lowest BCUT2D eigenvalue weighted by molar-refractivity contribution is -0.119. The molecule has 5 heteroatoms. The van der Waals surface area contributed by atoms with Gasteiger partial charge in [0.05, 0.1) is 6.54 Å². The predicted molar refractivity (Wildman–Crippen MR) is 100 cm³/mol. The van der Waals surface area contributed by atoms with Gasteiger partial charge >= 0.3 is 0 Å². The molecule has 2 aromatic carbocycles. The van der Waals surface area contributed by atoms with Gasteiger partial charge in [0, 0.05) is 41.1 Å². The molecule has 0 spiro atoms. The second kappa shape index (κ2) is 9.88. The van der Waals surface area contributed by atoms with E-state index in [0.29, 0.717) is 24.6 Å². The number of amides is 1. The average Bonchev–Trinajstić information content (AvgIpc) is 2.61. The van der Waals surface area contributed by atoms with Crippen LogP contribution in [0.5, 0.6) is 0 Å². The lowest BCUT2D eigenvalue weighted by Crippen LogP contribution is -2.38. The number of para-hydroxylation sites is 1. The van der Waals surface area contributed by atoms with Gasteiger partial charge in [0.15, 0.2) is 0 Å². The summed E-state index contributed by atoms with van der Waals surface area (Å²) in [5, 5.41) is 2.86. The standard InChI is InChI=1S/C19H24N2O2S/c1-2-21(18-11-7-4-8-12-18)15-19(22)20-13-14-24(23)16-17-9-5-3-6-10-17/h3-12H,2,13-16H2,1H3,(H,20,22). The van der Waals surface area contributed by atoms with Gasteiger partial charge in [-0.25, -0.2) is 0 Å². The minimum Gasteiger partial charge on any atom is -0.363 e. The summed E-state index contributed by atoms with van der Waals surface area (Å²) in [7, 11) is -0.966. The van der Waals surface area contributed by atoms with Gasteiger partial charge in [0.1, 0.15) is 0 Å². The molecule has 0 saturated carbocycles. The second-order valence-corrected chi connectivity index (χ2v) is 7.05. The fraction of sp³-hybridized carbons (Fsp3) is 0.316. The molecular weight excluding hydrogens is 320 g/mol. The van der Waals surface area contributed by atoms with E-state index >= 15 is 0 Å². The number of likely N-dealkylation sites (N-methyl/N-ethyl adjacent to an activating group) is 1. The third-order valence-electron chi connectivity index (χ3n) is 3.66. The number of anilines is 1. The molecule has 0 fully saturated rings. The van der Waals surface area contributed by atoms with Gasteiger partial charge in [0.2, 0.25) is 5.91 Å². The van der Waals surface area contributed by atoms with E-state index in [1.165, 1.54) is 0 Å². The monoisotopic (exact) mass is 344 g/mol. The number of benzene rings is 2. The van der Waals surface area contributed by atoms with E-state index in [4.69, 9.17) is 0 Å². The number of hydrogen-bond acceptors (Lipinski definition) is 3. The van der Waals surface area contributed by atoms with Gasteiger partial charge in [-0.1, -0.05) is 48.5 Å². The molecule has 0 radical (unpaired) electrons. The number of carbonyl (C=O) groups is 1. The highest BCUT2D eigenvalue weighted by Crippen LogP contribution is 2.11. The molecule has 24 heavy (non-hydrogen) atoms. The van der Waals surface area contributed by atoms with Gasteiger partial charge in [-0.15, -0.1) is 0 Å². The van der Waals surface area contributed by atoms with E-state index in [1.807, 2.05) is 72.5 Å². The summed E-state index contributed by atoms with van der Waals surface area (Å²) in [6.07, 6.45) is 0. The smallest absolute Gasteiger partial charge is 0.239 e. The van der Waals surface area contributed by atoms with Gasteiger partial charge in [-0.2, -0.15) is 0 Å². The molecule has 0 saturated heterocycles. The summed E-state index contributed by atoms with van der Waals surface area (Å²) in [5.74, 6) is 0.956. The Balaban J connectivity index is 1.72. The first-order valence-electron chi connectivity index (χ1n) is 8.14. The maximum atomic E-state index is 12.1. The van der Waals surface area contributed by atoms with E-state index in [-0.39, 0.29) is 5.91 Å². The first-order valence-corrected chi connectivity index (χ1v) is 9.63. The summed E-state index contributed by atoms with van der Waals surface area (Å²) < 4.78 is 12.0. The minimum atomic E-state index is -0.966. The molecule has 1 amide bonds. The Labute approximate surface area is 146 Å². The fourth-order valence-electron chi connectivity index (χ4n) is 2.39. The van der Waals surface area contributed by atoms with Crippen LogP contribution >= 0.6 is 0 Å². The van der Waals surface area contributed by atoms with Crippen LogP contribution in [0.4, 0.5) is 5.69 Å². The molecule has 1 atom stereocenters. The van der Waals surface area contributed by atoms with Gasteiger partial charge in [-0.05, 0) is 24.6 Å². The Hall–Kier alpha value is -2.14.